The maximum atomic E-state index is 12.9. The van der Waals surface area contributed by atoms with E-state index >= 15 is 0 Å². The number of nitrogens with one attached hydrogen (secondary N) is 1. The van der Waals surface area contributed by atoms with Crippen LogP contribution in [0.5, 0.6) is 5.75 Å². The molecule has 1 aromatic carbocycles. The number of alkyl halides is 3. The third-order valence-corrected chi connectivity index (χ3v) is 3.94. The molecule has 1 fully saturated rings. The highest BCUT2D eigenvalue weighted by Crippen LogP contribution is 2.41. The standard InChI is InChI=1S/C13H15Cl2F3N2O.2ClH/c14-8-5-9(12(21)10(15)6-8)11(7-13(16,17)18)20-3-1-19-2-4-20;;/h5-6,11,19,21H,1-4,7H2;2*1H/t11-;;/m1../s1. The lowest BCUT2D eigenvalue weighted by molar-refractivity contribution is -0.148. The summed E-state index contributed by atoms with van der Waals surface area (Å²) in [5.41, 5.74) is 0.117. The van der Waals surface area contributed by atoms with Gasteiger partial charge in [-0.15, -0.1) is 24.8 Å². The molecule has 1 aliphatic heterocycles. The zero-order valence-electron chi connectivity index (χ0n) is 11.9. The average molecular weight is 416 g/mol. The van der Waals surface area contributed by atoms with Crippen molar-refractivity contribution >= 4 is 48.0 Å². The second-order valence-electron chi connectivity index (χ2n) is 4.95. The molecule has 1 aliphatic rings. The number of aromatic hydroxyl groups is 1. The van der Waals surface area contributed by atoms with Crippen LogP contribution in [-0.4, -0.2) is 42.4 Å². The molecule has 1 atom stereocenters. The maximum Gasteiger partial charge on any atom is 0.390 e. The number of phenolic OH excluding ortho intramolecular Hbond substituents is 1. The number of halogens is 7. The van der Waals surface area contributed by atoms with Crippen LogP contribution in [0.1, 0.15) is 18.0 Å². The van der Waals surface area contributed by atoms with Crippen LogP contribution in [0.4, 0.5) is 13.2 Å². The molecule has 23 heavy (non-hydrogen) atoms. The molecule has 0 amide bonds. The van der Waals surface area contributed by atoms with Gasteiger partial charge in [0, 0.05) is 42.8 Å². The number of benzene rings is 1. The summed E-state index contributed by atoms with van der Waals surface area (Å²) in [6.07, 6.45) is -5.41. The summed E-state index contributed by atoms with van der Waals surface area (Å²) < 4.78 is 38.7. The molecule has 2 N–H and O–H groups in total. The fraction of sp³-hybridized carbons (Fsp3) is 0.538. The summed E-state index contributed by atoms with van der Waals surface area (Å²) in [5.74, 6) is -0.339. The SMILES string of the molecule is Cl.Cl.Oc1c(Cl)cc(Cl)cc1[C@@H](CC(F)(F)F)N1CCNCC1. The van der Waals surface area contributed by atoms with E-state index in [1.807, 2.05) is 0 Å². The molecule has 0 unspecified atom stereocenters. The number of hydrogen-bond donors (Lipinski definition) is 2. The highest BCUT2D eigenvalue weighted by Gasteiger charge is 2.37. The van der Waals surface area contributed by atoms with Crippen LogP contribution in [0.2, 0.25) is 10.0 Å². The van der Waals surface area contributed by atoms with Crippen molar-refractivity contribution in [1.29, 1.82) is 0 Å². The summed E-state index contributed by atoms with van der Waals surface area (Å²) >= 11 is 11.7. The van der Waals surface area contributed by atoms with Crippen LogP contribution in [0, 0.1) is 0 Å². The van der Waals surface area contributed by atoms with Gasteiger partial charge >= 0.3 is 6.18 Å². The summed E-state index contributed by atoms with van der Waals surface area (Å²) in [6, 6.07) is 1.66. The lowest BCUT2D eigenvalue weighted by Crippen LogP contribution is -2.46. The van der Waals surface area contributed by atoms with Gasteiger partial charge in [0.2, 0.25) is 0 Å². The topological polar surface area (TPSA) is 35.5 Å². The van der Waals surface area contributed by atoms with Crippen molar-refractivity contribution in [1.82, 2.24) is 10.2 Å². The molecule has 0 bridgehead atoms. The van der Waals surface area contributed by atoms with Gasteiger partial charge in [0.25, 0.3) is 0 Å². The predicted octanol–water partition coefficient (Wildman–Crippen LogP) is 4.44. The largest absolute Gasteiger partial charge is 0.506 e. The van der Waals surface area contributed by atoms with Crippen molar-refractivity contribution in [2.24, 2.45) is 0 Å². The molecule has 3 nitrogen and oxygen atoms in total. The van der Waals surface area contributed by atoms with Crippen molar-refractivity contribution in [3.8, 4) is 5.75 Å². The van der Waals surface area contributed by atoms with E-state index < -0.39 is 18.6 Å². The van der Waals surface area contributed by atoms with E-state index in [9.17, 15) is 18.3 Å². The van der Waals surface area contributed by atoms with E-state index in [2.05, 4.69) is 5.32 Å². The van der Waals surface area contributed by atoms with Gasteiger partial charge in [-0.25, -0.2) is 0 Å². The Labute approximate surface area is 154 Å². The van der Waals surface area contributed by atoms with Gasteiger partial charge in [0.1, 0.15) is 5.75 Å². The van der Waals surface area contributed by atoms with Crippen molar-refractivity contribution in [3.63, 3.8) is 0 Å². The fourth-order valence-electron chi connectivity index (χ4n) is 2.49. The minimum Gasteiger partial charge on any atom is -0.506 e. The normalized spacial score (nSPS) is 17.1. The first kappa shape index (κ1) is 22.9. The molecule has 0 aromatic heterocycles. The zero-order valence-corrected chi connectivity index (χ0v) is 15.0. The number of hydrogen-bond acceptors (Lipinski definition) is 3. The van der Waals surface area contributed by atoms with E-state index in [0.717, 1.165) is 0 Å². The molecule has 0 aliphatic carbocycles. The molecular weight excluding hydrogens is 399 g/mol. The Bertz CT molecular complexity index is 511. The Balaban J connectivity index is 0.00000242. The Morgan fingerprint density at radius 2 is 1.74 bits per heavy atom. The molecule has 0 saturated carbocycles. The lowest BCUT2D eigenvalue weighted by Gasteiger charge is -2.36. The Morgan fingerprint density at radius 3 is 2.26 bits per heavy atom. The van der Waals surface area contributed by atoms with Gasteiger partial charge in [-0.1, -0.05) is 23.2 Å². The smallest absolute Gasteiger partial charge is 0.390 e. The molecule has 1 saturated heterocycles. The minimum atomic E-state index is -4.35. The summed E-state index contributed by atoms with van der Waals surface area (Å²) in [7, 11) is 0. The summed E-state index contributed by atoms with van der Waals surface area (Å²) in [6.45, 7) is 2.13. The lowest BCUT2D eigenvalue weighted by atomic mass is 9.99. The highest BCUT2D eigenvalue weighted by atomic mass is 35.5. The second kappa shape index (κ2) is 9.39. The number of rotatable bonds is 3. The van der Waals surface area contributed by atoms with E-state index in [0.29, 0.717) is 26.2 Å². The van der Waals surface area contributed by atoms with Gasteiger partial charge < -0.3 is 10.4 Å². The van der Waals surface area contributed by atoms with Gasteiger partial charge in [-0.2, -0.15) is 13.2 Å². The number of piperazine rings is 1. The van der Waals surface area contributed by atoms with E-state index in [1.165, 1.54) is 12.1 Å². The van der Waals surface area contributed by atoms with Crippen LogP contribution >= 0.6 is 48.0 Å². The van der Waals surface area contributed by atoms with Crippen LogP contribution in [0.15, 0.2) is 12.1 Å². The Kier molecular flexibility index (Phi) is 9.35. The predicted molar refractivity (Wildman–Crippen MR) is 90.5 cm³/mol. The molecule has 1 heterocycles. The van der Waals surface area contributed by atoms with E-state index in [-0.39, 0.29) is 46.2 Å². The van der Waals surface area contributed by atoms with Crippen molar-refractivity contribution in [2.45, 2.75) is 18.6 Å². The van der Waals surface area contributed by atoms with E-state index in [1.54, 1.807) is 4.90 Å². The molecule has 2 rings (SSSR count). The Morgan fingerprint density at radius 1 is 1.17 bits per heavy atom. The van der Waals surface area contributed by atoms with Crippen molar-refractivity contribution in [2.75, 3.05) is 26.2 Å². The van der Waals surface area contributed by atoms with Gasteiger partial charge in [-0.05, 0) is 12.1 Å². The van der Waals surface area contributed by atoms with Crippen molar-refractivity contribution in [3.05, 3.63) is 27.7 Å². The molecule has 10 heteroatoms. The fourth-order valence-corrected chi connectivity index (χ4v) is 3.00. The van der Waals surface area contributed by atoms with Gasteiger partial charge in [0.05, 0.1) is 11.4 Å². The van der Waals surface area contributed by atoms with Crippen LogP contribution < -0.4 is 5.32 Å². The molecular formula is C13H17Cl4F3N2O. The first-order chi connectivity index (χ1) is 9.78. The van der Waals surface area contributed by atoms with Gasteiger partial charge in [0.15, 0.2) is 0 Å². The molecule has 0 spiro atoms. The van der Waals surface area contributed by atoms with E-state index in [4.69, 9.17) is 23.2 Å². The average Bonchev–Trinajstić information content (AvgIpc) is 2.40. The van der Waals surface area contributed by atoms with Crippen molar-refractivity contribution < 1.29 is 18.3 Å². The summed E-state index contributed by atoms with van der Waals surface area (Å²) in [5, 5.41) is 13.3. The first-order valence-corrected chi connectivity index (χ1v) is 7.23. The highest BCUT2D eigenvalue weighted by molar-refractivity contribution is 6.35. The maximum absolute atomic E-state index is 12.9. The minimum absolute atomic E-state index is 0. The zero-order chi connectivity index (χ0) is 15.6. The van der Waals surface area contributed by atoms with Crippen LogP contribution in [0.3, 0.4) is 0 Å². The Hall–Kier alpha value is -0.110. The monoisotopic (exact) mass is 414 g/mol. The summed E-state index contributed by atoms with van der Waals surface area (Å²) in [4.78, 5) is 1.69. The third-order valence-electron chi connectivity index (χ3n) is 3.43. The first-order valence-electron chi connectivity index (χ1n) is 6.47. The second-order valence-corrected chi connectivity index (χ2v) is 5.79. The number of phenols is 1. The molecule has 0 radical (unpaired) electrons. The molecule has 134 valence electrons. The van der Waals surface area contributed by atoms with Crippen LogP contribution in [0.25, 0.3) is 0 Å². The quantitative estimate of drug-likeness (QED) is 0.765. The van der Waals surface area contributed by atoms with Crippen LogP contribution in [-0.2, 0) is 0 Å². The third kappa shape index (κ3) is 6.36. The molecule has 1 aromatic rings. The van der Waals surface area contributed by atoms with Gasteiger partial charge in [-0.3, -0.25) is 4.90 Å². The number of nitrogens with zero attached hydrogens (tertiary/aromatic N) is 1.